The monoisotopic (exact) mass is 278 g/mol. The molecule has 0 amide bonds. The van der Waals surface area contributed by atoms with Crippen LogP contribution in [0.25, 0.3) is 0 Å². The Labute approximate surface area is 122 Å². The van der Waals surface area contributed by atoms with Crippen molar-refractivity contribution in [3.05, 3.63) is 35.9 Å². The first-order valence-corrected chi connectivity index (χ1v) is 6.79. The van der Waals surface area contributed by atoms with Crippen LogP contribution in [0.5, 0.6) is 0 Å². The highest BCUT2D eigenvalue weighted by Gasteiger charge is 2.37. The molecule has 1 saturated carbocycles. The third-order valence-corrected chi connectivity index (χ3v) is 4.36. The number of halogens is 1. The standard InChI is InChI=1S/C16H22N2.ClH/c1-18(2)16(13-17)10-8-15(9-11-16)12-14-6-4-3-5-7-14;/h3-7,15H,8-12H2,1-2H3;1H. The maximum absolute atomic E-state index is 9.40. The average Bonchev–Trinajstić information content (AvgIpc) is 2.41. The summed E-state index contributed by atoms with van der Waals surface area (Å²) in [5, 5.41) is 9.40. The molecule has 2 rings (SSSR count). The van der Waals surface area contributed by atoms with Crippen LogP contribution >= 0.6 is 12.4 Å². The van der Waals surface area contributed by atoms with Gasteiger partial charge in [-0.1, -0.05) is 30.3 Å². The molecule has 0 heterocycles. The maximum Gasteiger partial charge on any atom is 0.108 e. The van der Waals surface area contributed by atoms with E-state index in [4.69, 9.17) is 0 Å². The van der Waals surface area contributed by atoms with Crippen LogP contribution in [-0.2, 0) is 6.42 Å². The molecule has 0 atom stereocenters. The van der Waals surface area contributed by atoms with E-state index < -0.39 is 0 Å². The van der Waals surface area contributed by atoms with E-state index in [0.717, 1.165) is 25.2 Å². The molecule has 0 spiro atoms. The Morgan fingerprint density at radius 3 is 2.26 bits per heavy atom. The zero-order valence-corrected chi connectivity index (χ0v) is 12.6. The Hall–Kier alpha value is -1.04. The molecule has 3 heteroatoms. The van der Waals surface area contributed by atoms with E-state index in [1.807, 2.05) is 14.1 Å². The molecule has 0 saturated heterocycles. The molecule has 104 valence electrons. The predicted octanol–water partition coefficient (Wildman–Crippen LogP) is 3.67. The highest BCUT2D eigenvalue weighted by atomic mass is 35.5. The van der Waals surface area contributed by atoms with Gasteiger partial charge in [-0.2, -0.15) is 5.26 Å². The number of hydrogen-bond acceptors (Lipinski definition) is 2. The Morgan fingerprint density at radius 2 is 1.79 bits per heavy atom. The van der Waals surface area contributed by atoms with Gasteiger partial charge >= 0.3 is 0 Å². The summed E-state index contributed by atoms with van der Waals surface area (Å²) in [7, 11) is 4.06. The lowest BCUT2D eigenvalue weighted by Crippen LogP contribution is -2.45. The van der Waals surface area contributed by atoms with Crippen molar-refractivity contribution in [1.29, 1.82) is 5.26 Å². The molecular formula is C16H23ClN2. The molecule has 1 aliphatic carbocycles. The lowest BCUT2D eigenvalue weighted by molar-refractivity contribution is 0.131. The zero-order valence-electron chi connectivity index (χ0n) is 11.8. The summed E-state index contributed by atoms with van der Waals surface area (Å²) in [6.07, 6.45) is 5.51. The molecule has 0 radical (unpaired) electrons. The summed E-state index contributed by atoms with van der Waals surface area (Å²) in [6.45, 7) is 0. The first kappa shape index (κ1) is 16.0. The van der Waals surface area contributed by atoms with Crippen LogP contribution in [0.1, 0.15) is 31.2 Å². The van der Waals surface area contributed by atoms with Gasteiger partial charge in [-0.15, -0.1) is 12.4 Å². The summed E-state index contributed by atoms with van der Waals surface area (Å²) < 4.78 is 0. The Bertz CT molecular complexity index is 414. The van der Waals surface area contributed by atoms with Crippen LogP contribution in [-0.4, -0.2) is 24.5 Å². The fourth-order valence-electron chi connectivity index (χ4n) is 2.97. The van der Waals surface area contributed by atoms with E-state index >= 15 is 0 Å². The van der Waals surface area contributed by atoms with Gasteiger partial charge in [0.15, 0.2) is 0 Å². The number of rotatable bonds is 3. The third kappa shape index (κ3) is 3.72. The summed E-state index contributed by atoms with van der Waals surface area (Å²) in [5.41, 5.74) is 1.21. The smallest absolute Gasteiger partial charge is 0.108 e. The minimum Gasteiger partial charge on any atom is -0.292 e. The quantitative estimate of drug-likeness (QED) is 0.844. The van der Waals surface area contributed by atoms with Crippen LogP contribution in [0.15, 0.2) is 30.3 Å². The summed E-state index contributed by atoms with van der Waals surface area (Å²) >= 11 is 0. The van der Waals surface area contributed by atoms with Crippen LogP contribution < -0.4 is 0 Å². The van der Waals surface area contributed by atoms with Gasteiger partial charge < -0.3 is 0 Å². The van der Waals surface area contributed by atoms with Gasteiger partial charge in [-0.3, -0.25) is 4.90 Å². The molecule has 0 aromatic heterocycles. The zero-order chi connectivity index (χ0) is 13.0. The second-order valence-corrected chi connectivity index (χ2v) is 5.67. The Balaban J connectivity index is 0.00000180. The average molecular weight is 279 g/mol. The first-order valence-electron chi connectivity index (χ1n) is 6.79. The van der Waals surface area contributed by atoms with Crippen LogP contribution in [0.2, 0.25) is 0 Å². The van der Waals surface area contributed by atoms with Gasteiger partial charge in [-0.25, -0.2) is 0 Å². The second kappa shape index (κ2) is 6.93. The molecule has 19 heavy (non-hydrogen) atoms. The number of benzene rings is 1. The van der Waals surface area contributed by atoms with E-state index in [0.29, 0.717) is 0 Å². The number of nitrogens with zero attached hydrogens (tertiary/aromatic N) is 2. The largest absolute Gasteiger partial charge is 0.292 e. The van der Waals surface area contributed by atoms with Crippen molar-refractivity contribution >= 4 is 12.4 Å². The summed E-state index contributed by atoms with van der Waals surface area (Å²) in [5.74, 6) is 0.744. The molecule has 0 N–H and O–H groups in total. The van der Waals surface area contributed by atoms with Gasteiger partial charge in [-0.05, 0) is 57.7 Å². The van der Waals surface area contributed by atoms with Gasteiger partial charge in [0.1, 0.15) is 5.54 Å². The summed E-state index contributed by atoms with van der Waals surface area (Å²) in [4.78, 5) is 2.10. The lowest BCUT2D eigenvalue weighted by Gasteiger charge is -2.39. The topological polar surface area (TPSA) is 27.0 Å². The second-order valence-electron chi connectivity index (χ2n) is 5.67. The number of nitriles is 1. The Kier molecular flexibility index (Phi) is 5.85. The maximum atomic E-state index is 9.40. The van der Waals surface area contributed by atoms with E-state index in [-0.39, 0.29) is 17.9 Å². The highest BCUT2D eigenvalue weighted by Crippen LogP contribution is 2.36. The van der Waals surface area contributed by atoms with Crippen molar-refractivity contribution in [3.63, 3.8) is 0 Å². The fourth-order valence-corrected chi connectivity index (χ4v) is 2.97. The highest BCUT2D eigenvalue weighted by molar-refractivity contribution is 5.85. The van der Waals surface area contributed by atoms with Crippen LogP contribution in [0.3, 0.4) is 0 Å². The van der Waals surface area contributed by atoms with Crippen LogP contribution in [0.4, 0.5) is 0 Å². The first-order chi connectivity index (χ1) is 8.66. The van der Waals surface area contributed by atoms with Crippen molar-refractivity contribution in [2.45, 2.75) is 37.6 Å². The molecule has 1 aromatic carbocycles. The molecule has 0 bridgehead atoms. The molecule has 2 nitrogen and oxygen atoms in total. The van der Waals surface area contributed by atoms with Crippen molar-refractivity contribution in [2.24, 2.45) is 5.92 Å². The molecular weight excluding hydrogens is 256 g/mol. The molecule has 1 aromatic rings. The molecule has 0 unspecified atom stereocenters. The van der Waals surface area contributed by atoms with Gasteiger partial charge in [0.05, 0.1) is 6.07 Å². The molecule has 0 aliphatic heterocycles. The SMILES string of the molecule is CN(C)C1(C#N)CCC(Cc2ccccc2)CC1.Cl. The van der Waals surface area contributed by atoms with Gasteiger partial charge in [0.25, 0.3) is 0 Å². The normalized spacial score (nSPS) is 26.5. The fraction of sp³-hybridized carbons (Fsp3) is 0.562. The van der Waals surface area contributed by atoms with Crippen molar-refractivity contribution in [1.82, 2.24) is 4.90 Å². The van der Waals surface area contributed by atoms with Crippen molar-refractivity contribution in [2.75, 3.05) is 14.1 Å². The minimum absolute atomic E-state index is 0. The van der Waals surface area contributed by atoms with E-state index in [2.05, 4.69) is 41.3 Å². The Morgan fingerprint density at radius 1 is 1.21 bits per heavy atom. The molecule has 1 fully saturated rings. The van der Waals surface area contributed by atoms with E-state index in [1.54, 1.807) is 0 Å². The minimum atomic E-state index is -0.215. The summed E-state index contributed by atoms with van der Waals surface area (Å²) in [6, 6.07) is 13.2. The van der Waals surface area contributed by atoms with Crippen molar-refractivity contribution < 1.29 is 0 Å². The van der Waals surface area contributed by atoms with Crippen LogP contribution in [0, 0.1) is 17.2 Å². The number of hydrogen-bond donors (Lipinski definition) is 0. The van der Waals surface area contributed by atoms with Crippen molar-refractivity contribution in [3.8, 4) is 6.07 Å². The van der Waals surface area contributed by atoms with E-state index in [9.17, 15) is 5.26 Å². The van der Waals surface area contributed by atoms with Gasteiger partial charge in [0, 0.05) is 0 Å². The lowest BCUT2D eigenvalue weighted by atomic mass is 9.75. The third-order valence-electron chi connectivity index (χ3n) is 4.36. The van der Waals surface area contributed by atoms with Gasteiger partial charge in [0.2, 0.25) is 0 Å². The molecule has 1 aliphatic rings. The predicted molar refractivity (Wildman–Crippen MR) is 81.4 cm³/mol. The van der Waals surface area contributed by atoms with E-state index in [1.165, 1.54) is 18.4 Å².